The molecule has 3 aliphatic heterocycles. The van der Waals surface area contributed by atoms with Gasteiger partial charge in [-0.1, -0.05) is 111 Å². The fourth-order valence-electron chi connectivity index (χ4n) is 13.3. The maximum atomic E-state index is 7.42. The average molecular weight is 1160 g/mol. The zero-order valence-electron chi connectivity index (χ0n) is 49.9. The van der Waals surface area contributed by atoms with Gasteiger partial charge in [0.25, 0.3) is 0 Å². The molecular weight excluding hydrogens is 1090 g/mol. The van der Waals surface area contributed by atoms with E-state index in [1.165, 1.54) is 93.9 Å². The fraction of sp³-hybridized carbons (Fsp3) is 0.224. The van der Waals surface area contributed by atoms with Crippen molar-refractivity contribution < 1.29 is 4.74 Å². The summed E-state index contributed by atoms with van der Waals surface area (Å²) >= 11 is -1.78. The van der Waals surface area contributed by atoms with Gasteiger partial charge in [-0.05, 0) is 56.2 Å². The van der Waals surface area contributed by atoms with Crippen LogP contribution in [0.15, 0.2) is 216 Å². The number of anilines is 4. The summed E-state index contributed by atoms with van der Waals surface area (Å²) in [7, 11) is 0. The number of rotatable bonds is 7. The standard InChI is InChI=1S/C76H72GeN4OS/c1-73(2,3)50-36-37-78-69(43-50)81-65-33-23-30-61-70(65)71-62(77(61)59-28-16-20-34-67(59)83-68-35-21-17-29-60(68)77)45-56(46-66(71)81)82-55-27-22-26-54(44-55)79-47-80(64-32-19-18-31-63(64)79)72-57(48-24-14-13-15-25-48)41-53(76(10,11)12)42-58(72)49-38-51(74(4,5)6)40-52(39-49)75(7,8)9/h13-46H,47H2,1-12H3. The molecule has 5 nitrogen and oxygen atoms in total. The molecule has 0 aliphatic carbocycles. The summed E-state index contributed by atoms with van der Waals surface area (Å²) in [6, 6.07) is 75.8. The summed E-state index contributed by atoms with van der Waals surface area (Å²) in [5, 5.41) is 2.68. The number of nitrogens with zero attached hydrogens (tertiary/aromatic N) is 4. The van der Waals surface area contributed by atoms with Gasteiger partial charge in [0.1, 0.15) is 0 Å². The number of hydrogen-bond acceptors (Lipinski definition) is 5. The van der Waals surface area contributed by atoms with E-state index in [2.05, 4.69) is 298 Å². The molecule has 0 saturated heterocycles. The van der Waals surface area contributed by atoms with Crippen LogP contribution in [0.3, 0.4) is 0 Å². The molecule has 2 aromatic heterocycles. The number of benzene rings is 9. The monoisotopic (exact) mass is 1160 g/mol. The number of ether oxygens (including phenoxy) is 1. The van der Waals surface area contributed by atoms with Crippen molar-refractivity contribution in [3.05, 3.63) is 229 Å². The van der Waals surface area contributed by atoms with Gasteiger partial charge < -0.3 is 0 Å². The Hall–Kier alpha value is -7.78. The summed E-state index contributed by atoms with van der Waals surface area (Å²) in [4.78, 5) is 12.9. The second-order valence-corrected chi connectivity index (χ2v) is 36.1. The van der Waals surface area contributed by atoms with E-state index in [-0.39, 0.29) is 21.7 Å². The molecule has 3 aliphatic rings. The molecule has 9 aromatic carbocycles. The molecule has 7 heteroatoms. The molecule has 14 rings (SSSR count). The quantitative estimate of drug-likeness (QED) is 0.149. The zero-order chi connectivity index (χ0) is 57.5. The minimum absolute atomic E-state index is 0.0550. The molecule has 412 valence electrons. The third-order valence-electron chi connectivity index (χ3n) is 17.7. The van der Waals surface area contributed by atoms with Crippen LogP contribution >= 0.6 is 11.8 Å². The van der Waals surface area contributed by atoms with Crippen LogP contribution in [0.4, 0.5) is 22.7 Å². The van der Waals surface area contributed by atoms with Crippen LogP contribution in [0.2, 0.25) is 0 Å². The first-order chi connectivity index (χ1) is 39.7. The Morgan fingerprint density at radius 3 is 1.63 bits per heavy atom. The van der Waals surface area contributed by atoms with Crippen molar-refractivity contribution in [1.29, 1.82) is 0 Å². The van der Waals surface area contributed by atoms with Crippen molar-refractivity contribution in [1.82, 2.24) is 9.55 Å². The first kappa shape index (κ1) is 53.2. The van der Waals surface area contributed by atoms with E-state index < -0.39 is 13.3 Å². The molecule has 11 aromatic rings. The third kappa shape index (κ3) is 8.68. The Morgan fingerprint density at radius 2 is 0.976 bits per heavy atom. The molecular formula is C76H72GeN4OS. The Bertz CT molecular complexity index is 4350. The molecule has 0 saturated carbocycles. The summed E-state index contributed by atoms with van der Waals surface area (Å²) in [6.07, 6.45) is 1.98. The maximum Gasteiger partial charge on any atom is -0.0132 e. The van der Waals surface area contributed by atoms with Crippen LogP contribution < -0.4 is 32.1 Å². The van der Waals surface area contributed by atoms with Crippen LogP contribution in [0.5, 0.6) is 11.5 Å². The van der Waals surface area contributed by atoms with Gasteiger partial charge in [-0.15, -0.1) is 0 Å². The predicted molar refractivity (Wildman–Crippen MR) is 354 cm³/mol. The van der Waals surface area contributed by atoms with Gasteiger partial charge in [-0.3, -0.25) is 0 Å². The second kappa shape index (κ2) is 19.1. The van der Waals surface area contributed by atoms with Crippen molar-refractivity contribution in [2.24, 2.45) is 0 Å². The molecule has 1 spiro atoms. The number of fused-ring (bicyclic) bond motifs is 7. The maximum absolute atomic E-state index is 7.42. The van der Waals surface area contributed by atoms with Crippen LogP contribution in [0.25, 0.3) is 49.9 Å². The number of aromatic nitrogens is 2. The molecule has 0 amide bonds. The van der Waals surface area contributed by atoms with E-state index in [9.17, 15) is 0 Å². The van der Waals surface area contributed by atoms with Gasteiger partial charge in [-0.25, -0.2) is 0 Å². The fourth-order valence-corrected chi connectivity index (χ4v) is 27.6. The van der Waals surface area contributed by atoms with Crippen molar-refractivity contribution in [3.63, 3.8) is 0 Å². The average Bonchev–Trinajstić information content (AvgIpc) is 1.54. The Balaban J connectivity index is 0.937. The van der Waals surface area contributed by atoms with E-state index in [0.29, 0.717) is 6.67 Å². The first-order valence-electron chi connectivity index (χ1n) is 29.4. The van der Waals surface area contributed by atoms with Gasteiger partial charge in [-0.2, -0.15) is 0 Å². The van der Waals surface area contributed by atoms with Crippen molar-refractivity contribution >= 4 is 87.2 Å². The Labute approximate surface area is 497 Å². The van der Waals surface area contributed by atoms with Crippen LogP contribution in [-0.4, -0.2) is 29.5 Å². The minimum Gasteiger partial charge on any atom is -0.0561 e. The van der Waals surface area contributed by atoms with Crippen LogP contribution in [0.1, 0.15) is 105 Å². The summed E-state index contributed by atoms with van der Waals surface area (Å²) < 4.78 is 15.7. The second-order valence-electron chi connectivity index (χ2n) is 27.3. The smallest absolute Gasteiger partial charge is 0.0132 e. The zero-order valence-corrected chi connectivity index (χ0v) is 52.9. The molecule has 0 atom stereocenters. The first-order valence-corrected chi connectivity index (χ1v) is 34.5. The van der Waals surface area contributed by atoms with E-state index in [1.54, 1.807) is 0 Å². The number of pyridine rings is 1. The minimum atomic E-state index is -3.69. The van der Waals surface area contributed by atoms with Gasteiger partial charge in [0, 0.05) is 0 Å². The van der Waals surface area contributed by atoms with Gasteiger partial charge in [0.15, 0.2) is 0 Å². The predicted octanol–water partition coefficient (Wildman–Crippen LogP) is 17.9. The van der Waals surface area contributed by atoms with Crippen molar-refractivity contribution in [2.45, 2.75) is 115 Å². The summed E-state index contributed by atoms with van der Waals surface area (Å²) in [6.45, 7) is 28.5. The van der Waals surface area contributed by atoms with Gasteiger partial charge in [0.05, 0.1) is 0 Å². The van der Waals surface area contributed by atoms with Crippen molar-refractivity contribution in [3.8, 4) is 39.6 Å². The van der Waals surface area contributed by atoms with Crippen molar-refractivity contribution in [2.75, 3.05) is 16.5 Å². The van der Waals surface area contributed by atoms with E-state index >= 15 is 0 Å². The molecule has 0 bridgehead atoms. The summed E-state index contributed by atoms with van der Waals surface area (Å²) in [5.74, 6) is 2.53. The SMILES string of the molecule is CC(C)(C)c1cc(-c2cc(C(C)(C)C)cc(-c3ccccc3)c2N2CN(c3cccc(Oc4c[c]5c6c7[c](cccc7n(-c7cc(C(C)(C)C)ccn7)c6c4)[Ge]54[c]5ccccc5Sc5cccc[c]54)c3)c3ccccc32)cc(C(C)(C)C)c1. The molecule has 83 heavy (non-hydrogen) atoms. The molecule has 5 heterocycles. The Kier molecular flexibility index (Phi) is 12.3. The van der Waals surface area contributed by atoms with Crippen LogP contribution in [-0.2, 0) is 21.7 Å². The molecule has 0 fully saturated rings. The van der Waals surface area contributed by atoms with E-state index in [4.69, 9.17) is 9.72 Å². The summed E-state index contributed by atoms with van der Waals surface area (Å²) in [5.41, 5.74) is 16.7. The van der Waals surface area contributed by atoms with E-state index in [1.807, 2.05) is 18.0 Å². The Morgan fingerprint density at radius 1 is 0.422 bits per heavy atom. The number of para-hydroxylation sites is 2. The molecule has 0 N–H and O–H groups in total. The molecule has 0 unspecified atom stereocenters. The van der Waals surface area contributed by atoms with E-state index in [0.717, 1.165) is 39.9 Å². The molecule has 0 radical (unpaired) electrons. The normalized spacial score (nSPS) is 14.5. The van der Waals surface area contributed by atoms with Gasteiger partial charge in [0.2, 0.25) is 0 Å². The number of hydrogen-bond donors (Lipinski definition) is 0. The van der Waals surface area contributed by atoms with Crippen LogP contribution in [0, 0.1) is 0 Å². The third-order valence-corrected chi connectivity index (χ3v) is 30.0. The largest absolute Gasteiger partial charge is 0.0561 e. The topological polar surface area (TPSA) is 33.5 Å². The van der Waals surface area contributed by atoms with Gasteiger partial charge >= 0.3 is 334 Å².